The summed E-state index contributed by atoms with van der Waals surface area (Å²) < 4.78 is 54.1. The van der Waals surface area contributed by atoms with Crippen LogP contribution in [0, 0.1) is 5.82 Å². The normalized spacial score (nSPS) is 20.5. The first-order valence-electron chi connectivity index (χ1n) is 7.84. The molecule has 1 fully saturated rings. The number of aromatic nitrogens is 1. The van der Waals surface area contributed by atoms with Crippen molar-refractivity contribution in [2.24, 2.45) is 5.73 Å². The maximum absolute atomic E-state index is 13.9. The number of hydrogen-bond donors (Lipinski definition) is 2. The van der Waals surface area contributed by atoms with Crippen LogP contribution in [0.5, 0.6) is 5.75 Å². The lowest BCUT2D eigenvalue weighted by atomic mass is 10.1. The lowest BCUT2D eigenvalue weighted by Crippen LogP contribution is -2.20. The van der Waals surface area contributed by atoms with E-state index in [0.717, 1.165) is 37.1 Å². The molecule has 0 saturated heterocycles. The number of anilines is 1. The summed E-state index contributed by atoms with van der Waals surface area (Å²) in [6.07, 6.45) is -0.578. The Morgan fingerprint density at radius 3 is 2.60 bits per heavy atom. The van der Waals surface area contributed by atoms with E-state index in [4.69, 9.17) is 5.73 Å². The highest BCUT2D eigenvalue weighted by Gasteiger charge is 2.32. The van der Waals surface area contributed by atoms with Gasteiger partial charge in [-0.25, -0.2) is 4.39 Å². The number of alkyl halides is 3. The van der Waals surface area contributed by atoms with Gasteiger partial charge in [0.25, 0.3) is 0 Å². The summed E-state index contributed by atoms with van der Waals surface area (Å²) in [6, 6.07) is 7.21. The number of hydrogen-bond acceptors (Lipinski definition) is 4. The van der Waals surface area contributed by atoms with Crippen LogP contribution >= 0.6 is 0 Å². The zero-order valence-corrected chi connectivity index (χ0v) is 13.2. The zero-order chi connectivity index (χ0) is 18.0. The molecule has 1 saturated carbocycles. The number of nitrogens with one attached hydrogen (secondary N) is 1. The predicted molar refractivity (Wildman–Crippen MR) is 85.6 cm³/mol. The smallest absolute Gasteiger partial charge is 0.403 e. The zero-order valence-electron chi connectivity index (χ0n) is 13.2. The third kappa shape index (κ3) is 4.60. The van der Waals surface area contributed by atoms with Crippen LogP contribution in [0.2, 0.25) is 0 Å². The van der Waals surface area contributed by atoms with Gasteiger partial charge < -0.3 is 15.8 Å². The number of ether oxygens (including phenoxy) is 1. The SMILES string of the molecule is N[C@@H]1CC[C@H](Nc2ccnc(-c3ccc(OC(F)(F)F)c(F)c3)c2)C1. The first-order valence-corrected chi connectivity index (χ1v) is 7.84. The van der Waals surface area contributed by atoms with E-state index in [-0.39, 0.29) is 12.1 Å². The fraction of sp³-hybridized carbons (Fsp3) is 0.353. The fourth-order valence-electron chi connectivity index (χ4n) is 2.93. The van der Waals surface area contributed by atoms with Crippen LogP contribution < -0.4 is 15.8 Å². The highest BCUT2D eigenvalue weighted by molar-refractivity contribution is 5.65. The van der Waals surface area contributed by atoms with Crippen molar-refractivity contribution in [1.82, 2.24) is 4.98 Å². The molecule has 0 unspecified atom stereocenters. The third-order valence-corrected chi connectivity index (χ3v) is 4.06. The molecule has 0 spiro atoms. The monoisotopic (exact) mass is 355 g/mol. The second kappa shape index (κ2) is 6.87. The lowest BCUT2D eigenvalue weighted by molar-refractivity contribution is -0.275. The Balaban J connectivity index is 1.77. The van der Waals surface area contributed by atoms with Gasteiger partial charge in [-0.2, -0.15) is 0 Å². The Bertz CT molecular complexity index is 751. The van der Waals surface area contributed by atoms with E-state index in [2.05, 4.69) is 15.0 Å². The van der Waals surface area contributed by atoms with Gasteiger partial charge in [0.15, 0.2) is 11.6 Å². The van der Waals surface area contributed by atoms with Crippen LogP contribution in [0.4, 0.5) is 23.2 Å². The Morgan fingerprint density at radius 2 is 1.96 bits per heavy atom. The summed E-state index contributed by atoms with van der Waals surface area (Å²) in [5.41, 5.74) is 7.50. The Morgan fingerprint density at radius 1 is 1.16 bits per heavy atom. The van der Waals surface area contributed by atoms with Gasteiger partial charge in [0.1, 0.15) is 0 Å². The van der Waals surface area contributed by atoms with Crippen molar-refractivity contribution >= 4 is 5.69 Å². The van der Waals surface area contributed by atoms with E-state index in [0.29, 0.717) is 11.3 Å². The molecule has 1 aliphatic carbocycles. The first kappa shape index (κ1) is 17.5. The Kier molecular flexibility index (Phi) is 4.80. The van der Waals surface area contributed by atoms with Crippen molar-refractivity contribution in [2.45, 2.75) is 37.7 Å². The number of benzene rings is 1. The molecule has 0 radical (unpaired) electrons. The van der Waals surface area contributed by atoms with Gasteiger partial charge in [0.2, 0.25) is 0 Å². The minimum Gasteiger partial charge on any atom is -0.403 e. The fourth-order valence-corrected chi connectivity index (χ4v) is 2.93. The first-order chi connectivity index (χ1) is 11.8. The second-order valence-corrected chi connectivity index (χ2v) is 6.04. The van der Waals surface area contributed by atoms with Gasteiger partial charge >= 0.3 is 6.36 Å². The number of nitrogens with two attached hydrogens (primary N) is 1. The van der Waals surface area contributed by atoms with Gasteiger partial charge in [-0.15, -0.1) is 13.2 Å². The maximum Gasteiger partial charge on any atom is 0.573 e. The molecular weight excluding hydrogens is 338 g/mol. The molecule has 3 N–H and O–H groups in total. The molecule has 4 nitrogen and oxygen atoms in total. The van der Waals surface area contributed by atoms with Gasteiger partial charge in [-0.1, -0.05) is 0 Å². The van der Waals surface area contributed by atoms with Crippen LogP contribution in [0.25, 0.3) is 11.3 Å². The average molecular weight is 355 g/mol. The molecule has 2 atom stereocenters. The van der Waals surface area contributed by atoms with Gasteiger partial charge in [0, 0.05) is 29.5 Å². The summed E-state index contributed by atoms with van der Waals surface area (Å²) in [6.45, 7) is 0. The van der Waals surface area contributed by atoms with Crippen LogP contribution in [0.15, 0.2) is 36.5 Å². The molecule has 25 heavy (non-hydrogen) atoms. The van der Waals surface area contributed by atoms with E-state index in [1.807, 2.05) is 0 Å². The topological polar surface area (TPSA) is 60.2 Å². The number of pyridine rings is 1. The van der Waals surface area contributed by atoms with E-state index in [9.17, 15) is 17.6 Å². The molecule has 0 amide bonds. The Labute approximate surface area is 142 Å². The van der Waals surface area contributed by atoms with Crippen molar-refractivity contribution < 1.29 is 22.3 Å². The molecule has 0 bridgehead atoms. The number of rotatable bonds is 4. The second-order valence-electron chi connectivity index (χ2n) is 6.04. The van der Waals surface area contributed by atoms with Crippen molar-refractivity contribution in [3.63, 3.8) is 0 Å². The molecule has 134 valence electrons. The molecule has 1 aromatic carbocycles. The number of halogens is 4. The molecule has 1 heterocycles. The molecular formula is C17H17F4N3O. The Hall–Kier alpha value is -2.35. The summed E-state index contributed by atoms with van der Waals surface area (Å²) in [7, 11) is 0. The standard InChI is InChI=1S/C17H17F4N3O/c18-14-7-10(1-4-16(14)25-17(19,20)21)15-9-13(5-6-23-15)24-12-3-2-11(22)8-12/h1,4-7,9,11-12H,2-3,8,22H2,(H,23,24)/t11-,12+/m1/s1. The quantitative estimate of drug-likeness (QED) is 0.812. The van der Waals surface area contributed by atoms with Crippen LogP contribution in [0.1, 0.15) is 19.3 Å². The van der Waals surface area contributed by atoms with Crippen LogP contribution in [-0.2, 0) is 0 Å². The van der Waals surface area contributed by atoms with Crippen molar-refractivity contribution in [3.05, 3.63) is 42.3 Å². The predicted octanol–water partition coefficient (Wildman–Crippen LogP) is 4.08. The van der Waals surface area contributed by atoms with Gasteiger partial charge in [-0.3, -0.25) is 4.98 Å². The van der Waals surface area contributed by atoms with Gasteiger partial charge in [0.05, 0.1) is 5.69 Å². The summed E-state index contributed by atoms with van der Waals surface area (Å²) >= 11 is 0. The minimum absolute atomic E-state index is 0.189. The van der Waals surface area contributed by atoms with E-state index in [1.165, 1.54) is 6.07 Å². The highest BCUT2D eigenvalue weighted by Crippen LogP contribution is 2.30. The van der Waals surface area contributed by atoms with Crippen molar-refractivity contribution in [1.29, 1.82) is 0 Å². The van der Waals surface area contributed by atoms with Gasteiger partial charge in [-0.05, 0) is 49.6 Å². The minimum atomic E-state index is -4.94. The highest BCUT2D eigenvalue weighted by atomic mass is 19.4. The molecule has 1 aliphatic rings. The molecule has 1 aromatic heterocycles. The van der Waals surface area contributed by atoms with E-state index >= 15 is 0 Å². The maximum atomic E-state index is 13.9. The van der Waals surface area contributed by atoms with Crippen molar-refractivity contribution in [2.75, 3.05) is 5.32 Å². The lowest BCUT2D eigenvalue weighted by Gasteiger charge is -2.15. The largest absolute Gasteiger partial charge is 0.573 e. The third-order valence-electron chi connectivity index (χ3n) is 4.06. The van der Waals surface area contributed by atoms with Crippen molar-refractivity contribution in [3.8, 4) is 17.0 Å². The molecule has 0 aliphatic heterocycles. The van der Waals surface area contributed by atoms with E-state index in [1.54, 1.807) is 18.3 Å². The van der Waals surface area contributed by atoms with Crippen LogP contribution in [0.3, 0.4) is 0 Å². The molecule has 8 heteroatoms. The van der Waals surface area contributed by atoms with E-state index < -0.39 is 17.9 Å². The molecule has 2 aromatic rings. The number of nitrogens with zero attached hydrogens (tertiary/aromatic N) is 1. The van der Waals surface area contributed by atoms with Crippen LogP contribution in [-0.4, -0.2) is 23.4 Å². The summed E-state index contributed by atoms with van der Waals surface area (Å²) in [5.74, 6) is -1.97. The molecule has 3 rings (SSSR count). The summed E-state index contributed by atoms with van der Waals surface area (Å²) in [5, 5.41) is 3.35. The summed E-state index contributed by atoms with van der Waals surface area (Å²) in [4.78, 5) is 4.15. The average Bonchev–Trinajstić information content (AvgIpc) is 2.93.